The number of benzene rings is 1. The standard InChI is InChI=1S/C14H21OP/c1-2-3-10-16(15)11-9-14(12-16)13-7-5-4-6-8-13/h4-8,14H,2-3,9-12H2,1H3. The van der Waals surface area contributed by atoms with Gasteiger partial charge < -0.3 is 4.57 Å². The molecule has 2 heteroatoms. The average Bonchev–Trinajstić information content (AvgIpc) is 2.71. The van der Waals surface area contributed by atoms with E-state index in [1.165, 1.54) is 12.0 Å². The summed E-state index contributed by atoms with van der Waals surface area (Å²) in [6, 6.07) is 10.6. The van der Waals surface area contributed by atoms with Crippen LogP contribution in [0.15, 0.2) is 30.3 Å². The minimum Gasteiger partial charge on any atom is -0.324 e. The Bertz CT molecular complexity index is 372. The third-order valence-electron chi connectivity index (χ3n) is 3.63. The van der Waals surface area contributed by atoms with Crippen molar-refractivity contribution >= 4 is 7.14 Å². The fourth-order valence-electron chi connectivity index (χ4n) is 2.62. The second-order valence-corrected chi connectivity index (χ2v) is 8.31. The Hall–Kier alpha value is -0.550. The molecule has 1 saturated heterocycles. The highest BCUT2D eigenvalue weighted by Crippen LogP contribution is 2.57. The van der Waals surface area contributed by atoms with E-state index in [9.17, 15) is 4.57 Å². The minimum absolute atomic E-state index is 0.559. The maximum absolute atomic E-state index is 12.6. The molecule has 0 saturated carbocycles. The first-order valence-electron chi connectivity index (χ1n) is 6.35. The molecule has 2 unspecified atom stereocenters. The molecule has 2 atom stereocenters. The molecule has 0 bridgehead atoms. The number of unbranched alkanes of at least 4 members (excludes halogenated alkanes) is 1. The van der Waals surface area contributed by atoms with Crippen LogP contribution >= 0.6 is 7.14 Å². The van der Waals surface area contributed by atoms with E-state index in [1.807, 2.05) is 0 Å². The van der Waals surface area contributed by atoms with E-state index in [2.05, 4.69) is 37.3 Å². The van der Waals surface area contributed by atoms with Crippen LogP contribution in [0.5, 0.6) is 0 Å². The van der Waals surface area contributed by atoms with Crippen molar-refractivity contribution in [3.8, 4) is 0 Å². The molecule has 0 N–H and O–H groups in total. The molecule has 88 valence electrons. The van der Waals surface area contributed by atoms with Crippen LogP contribution in [0.25, 0.3) is 0 Å². The van der Waals surface area contributed by atoms with Gasteiger partial charge in [0.2, 0.25) is 0 Å². The molecule has 0 radical (unpaired) electrons. The van der Waals surface area contributed by atoms with Crippen LogP contribution in [0.1, 0.15) is 37.7 Å². The number of rotatable bonds is 4. The Labute approximate surface area is 98.6 Å². The Morgan fingerprint density at radius 3 is 2.75 bits per heavy atom. The van der Waals surface area contributed by atoms with E-state index >= 15 is 0 Å². The average molecular weight is 236 g/mol. The molecule has 0 spiro atoms. The summed E-state index contributed by atoms with van der Waals surface area (Å²) in [5, 5.41) is 0. The Balaban J connectivity index is 2.00. The van der Waals surface area contributed by atoms with Crippen LogP contribution < -0.4 is 0 Å². The van der Waals surface area contributed by atoms with Crippen molar-refractivity contribution in [2.24, 2.45) is 0 Å². The van der Waals surface area contributed by atoms with E-state index < -0.39 is 7.14 Å². The van der Waals surface area contributed by atoms with Gasteiger partial charge in [-0.3, -0.25) is 0 Å². The van der Waals surface area contributed by atoms with Gasteiger partial charge in [-0.15, -0.1) is 0 Å². The maximum Gasteiger partial charge on any atom is 0.0883 e. The van der Waals surface area contributed by atoms with Gasteiger partial charge in [-0.1, -0.05) is 43.7 Å². The fraction of sp³-hybridized carbons (Fsp3) is 0.571. The van der Waals surface area contributed by atoms with Crippen molar-refractivity contribution in [1.82, 2.24) is 0 Å². The third-order valence-corrected chi connectivity index (χ3v) is 6.94. The second-order valence-electron chi connectivity index (χ2n) is 4.94. The topological polar surface area (TPSA) is 17.1 Å². The van der Waals surface area contributed by atoms with Gasteiger partial charge in [0, 0.05) is 18.5 Å². The lowest BCUT2D eigenvalue weighted by Crippen LogP contribution is -1.97. The Kier molecular flexibility index (Phi) is 3.86. The molecule has 1 heterocycles. The van der Waals surface area contributed by atoms with E-state index in [1.54, 1.807) is 0 Å². The third kappa shape index (κ3) is 2.77. The highest BCUT2D eigenvalue weighted by molar-refractivity contribution is 7.64. The molecule has 1 fully saturated rings. The van der Waals surface area contributed by atoms with E-state index in [0.717, 1.165) is 31.3 Å². The number of hydrogen-bond donors (Lipinski definition) is 0. The predicted octanol–water partition coefficient (Wildman–Crippen LogP) is 4.34. The molecule has 0 aliphatic carbocycles. The summed E-state index contributed by atoms with van der Waals surface area (Å²) in [5.41, 5.74) is 1.39. The van der Waals surface area contributed by atoms with Crippen molar-refractivity contribution in [3.63, 3.8) is 0 Å². The largest absolute Gasteiger partial charge is 0.324 e. The van der Waals surface area contributed by atoms with Gasteiger partial charge in [0.1, 0.15) is 0 Å². The lowest BCUT2D eigenvalue weighted by Gasteiger charge is -2.12. The first-order chi connectivity index (χ1) is 7.73. The Morgan fingerprint density at radius 1 is 1.31 bits per heavy atom. The van der Waals surface area contributed by atoms with Crippen LogP contribution in [-0.4, -0.2) is 18.5 Å². The summed E-state index contributed by atoms with van der Waals surface area (Å²) in [6.07, 6.45) is 6.35. The van der Waals surface area contributed by atoms with E-state index in [0.29, 0.717) is 5.92 Å². The summed E-state index contributed by atoms with van der Waals surface area (Å²) in [6.45, 7) is 2.18. The minimum atomic E-state index is -1.81. The molecule has 1 aliphatic rings. The fourth-order valence-corrected chi connectivity index (χ4v) is 6.08. The van der Waals surface area contributed by atoms with Crippen molar-refractivity contribution in [2.45, 2.75) is 32.1 Å². The second kappa shape index (κ2) is 5.19. The summed E-state index contributed by atoms with van der Waals surface area (Å²) >= 11 is 0. The van der Waals surface area contributed by atoms with Gasteiger partial charge in [-0.05, 0) is 24.3 Å². The smallest absolute Gasteiger partial charge is 0.0883 e. The molecule has 16 heavy (non-hydrogen) atoms. The summed E-state index contributed by atoms with van der Waals surface area (Å²) in [7, 11) is -1.81. The van der Waals surface area contributed by atoms with Crippen molar-refractivity contribution in [2.75, 3.05) is 18.5 Å². The van der Waals surface area contributed by atoms with Gasteiger partial charge in [0.25, 0.3) is 0 Å². The molecule has 1 aromatic rings. The van der Waals surface area contributed by atoms with Gasteiger partial charge in [-0.2, -0.15) is 0 Å². The molecule has 2 rings (SSSR count). The first kappa shape index (κ1) is 11.9. The predicted molar refractivity (Wildman–Crippen MR) is 70.9 cm³/mol. The van der Waals surface area contributed by atoms with Crippen molar-refractivity contribution in [3.05, 3.63) is 35.9 Å². The Morgan fingerprint density at radius 2 is 2.06 bits per heavy atom. The molecular weight excluding hydrogens is 215 g/mol. The zero-order valence-corrected chi connectivity index (χ0v) is 11.0. The van der Waals surface area contributed by atoms with Gasteiger partial charge in [0.05, 0.1) is 7.14 Å². The monoisotopic (exact) mass is 236 g/mol. The van der Waals surface area contributed by atoms with Gasteiger partial charge >= 0.3 is 0 Å². The zero-order valence-electron chi connectivity index (χ0n) is 10.1. The highest BCUT2D eigenvalue weighted by atomic mass is 31.2. The van der Waals surface area contributed by atoms with Crippen molar-refractivity contribution < 1.29 is 4.57 Å². The van der Waals surface area contributed by atoms with Crippen LogP contribution in [0.3, 0.4) is 0 Å². The van der Waals surface area contributed by atoms with E-state index in [-0.39, 0.29) is 0 Å². The molecular formula is C14H21OP. The lowest BCUT2D eigenvalue weighted by molar-refractivity contribution is 0.576. The first-order valence-corrected chi connectivity index (χ1v) is 8.62. The quantitative estimate of drug-likeness (QED) is 0.711. The molecule has 1 aliphatic heterocycles. The lowest BCUT2D eigenvalue weighted by atomic mass is 9.99. The summed E-state index contributed by atoms with van der Waals surface area (Å²) in [4.78, 5) is 0. The van der Waals surface area contributed by atoms with Gasteiger partial charge in [-0.25, -0.2) is 0 Å². The van der Waals surface area contributed by atoms with Crippen LogP contribution in [0, 0.1) is 0 Å². The van der Waals surface area contributed by atoms with Gasteiger partial charge in [0.15, 0.2) is 0 Å². The highest BCUT2D eigenvalue weighted by Gasteiger charge is 2.33. The van der Waals surface area contributed by atoms with Crippen LogP contribution in [-0.2, 0) is 4.57 Å². The summed E-state index contributed by atoms with van der Waals surface area (Å²) in [5.74, 6) is 0.559. The number of hydrogen-bond acceptors (Lipinski definition) is 1. The molecule has 0 amide bonds. The molecule has 0 aromatic heterocycles. The van der Waals surface area contributed by atoms with Crippen LogP contribution in [0.4, 0.5) is 0 Å². The summed E-state index contributed by atoms with van der Waals surface area (Å²) < 4.78 is 12.6. The molecule has 1 aromatic carbocycles. The maximum atomic E-state index is 12.6. The zero-order chi connectivity index (χ0) is 11.4. The SMILES string of the molecule is CCCCP1(=O)CCC(c2ccccc2)C1. The van der Waals surface area contributed by atoms with Crippen molar-refractivity contribution in [1.29, 1.82) is 0 Å². The van der Waals surface area contributed by atoms with Crippen LogP contribution in [0.2, 0.25) is 0 Å². The van der Waals surface area contributed by atoms with E-state index in [4.69, 9.17) is 0 Å². The molecule has 1 nitrogen and oxygen atoms in total. The normalized spacial score (nSPS) is 29.4.